The molecule has 0 spiro atoms. The molecular weight excluding hydrogens is 204 g/mol. The van der Waals surface area contributed by atoms with Crippen molar-refractivity contribution in [2.24, 2.45) is 5.92 Å². The van der Waals surface area contributed by atoms with Gasteiger partial charge >= 0.3 is 0 Å². The average molecular weight is 240 g/mol. The van der Waals surface area contributed by atoms with Crippen LogP contribution in [-0.4, -0.2) is 0 Å². The Morgan fingerprint density at radius 2 is 1.18 bits per heavy atom. The molecule has 104 valence electrons. The summed E-state index contributed by atoms with van der Waals surface area (Å²) in [6, 6.07) is 0. The van der Waals surface area contributed by atoms with Crippen molar-refractivity contribution >= 4 is 0 Å². The van der Waals surface area contributed by atoms with Gasteiger partial charge in [0.05, 0.1) is 0 Å². The van der Waals surface area contributed by atoms with Gasteiger partial charge in [0.1, 0.15) is 0 Å². The van der Waals surface area contributed by atoms with E-state index in [1.54, 1.807) is 0 Å². The molecule has 0 nitrogen and oxygen atoms in total. The summed E-state index contributed by atoms with van der Waals surface area (Å²) in [5.41, 5.74) is 0. The second-order valence-corrected chi connectivity index (χ2v) is 5.23. The number of allylic oxidation sites excluding steroid dienone is 2. The van der Waals surface area contributed by atoms with E-state index in [1.165, 1.54) is 57.8 Å². The Kier molecular flexibility index (Phi) is 20.3. The van der Waals surface area contributed by atoms with Gasteiger partial charge in [0.15, 0.2) is 0 Å². The molecule has 0 aromatic heterocycles. The molecule has 0 bridgehead atoms. The lowest BCUT2D eigenvalue weighted by Gasteiger charge is -1.93. The van der Waals surface area contributed by atoms with Crippen LogP contribution in [-0.2, 0) is 0 Å². The summed E-state index contributed by atoms with van der Waals surface area (Å²) >= 11 is 0. The minimum Gasteiger partial charge on any atom is -0.0883 e. The topological polar surface area (TPSA) is 0 Å². The molecular formula is C17H36. The lowest BCUT2D eigenvalue weighted by Crippen LogP contribution is -1.76. The number of unbranched alkanes of at least 4 members (excludes halogenated alkanes) is 7. The summed E-state index contributed by atoms with van der Waals surface area (Å²) in [6.45, 7) is 11.2. The maximum atomic E-state index is 2.29. The van der Waals surface area contributed by atoms with Crippen LogP contribution in [0.2, 0.25) is 0 Å². The first-order valence-electron chi connectivity index (χ1n) is 7.85. The van der Waals surface area contributed by atoms with Crippen LogP contribution in [0.4, 0.5) is 0 Å². The van der Waals surface area contributed by atoms with E-state index in [9.17, 15) is 0 Å². The standard InChI is InChI=1S/C9H18.C8H18/c1-4-5-6-7-8-9(2)3;1-3-5-7-8-6-4-2/h7-9H,4-6H2,1-3H3;3-8H2,1-2H3/b8-7-;. The van der Waals surface area contributed by atoms with Gasteiger partial charge in [-0.2, -0.15) is 0 Å². The van der Waals surface area contributed by atoms with Crippen molar-refractivity contribution in [3.63, 3.8) is 0 Å². The average Bonchev–Trinajstić information content (AvgIpc) is 2.31. The van der Waals surface area contributed by atoms with Crippen LogP contribution in [0.5, 0.6) is 0 Å². The zero-order valence-corrected chi connectivity index (χ0v) is 13.1. The molecule has 0 aromatic carbocycles. The van der Waals surface area contributed by atoms with Gasteiger partial charge in [0.2, 0.25) is 0 Å². The molecule has 0 heteroatoms. The maximum absolute atomic E-state index is 2.29. The van der Waals surface area contributed by atoms with E-state index < -0.39 is 0 Å². The molecule has 0 aliphatic rings. The van der Waals surface area contributed by atoms with E-state index in [4.69, 9.17) is 0 Å². The van der Waals surface area contributed by atoms with Crippen molar-refractivity contribution in [3.8, 4) is 0 Å². The van der Waals surface area contributed by atoms with Crippen molar-refractivity contribution in [1.29, 1.82) is 0 Å². The molecule has 0 heterocycles. The van der Waals surface area contributed by atoms with Crippen LogP contribution in [0.25, 0.3) is 0 Å². The van der Waals surface area contributed by atoms with E-state index in [-0.39, 0.29) is 0 Å². The molecule has 0 rings (SSSR count). The monoisotopic (exact) mass is 240 g/mol. The van der Waals surface area contributed by atoms with E-state index in [2.05, 4.69) is 46.8 Å². The zero-order chi connectivity index (χ0) is 13.4. The van der Waals surface area contributed by atoms with Gasteiger partial charge in [-0.3, -0.25) is 0 Å². The van der Waals surface area contributed by atoms with E-state index in [0.717, 1.165) is 5.92 Å². The number of rotatable bonds is 9. The molecule has 0 saturated heterocycles. The molecule has 0 amide bonds. The van der Waals surface area contributed by atoms with E-state index in [0.29, 0.717) is 0 Å². The van der Waals surface area contributed by atoms with Gasteiger partial charge in [0.25, 0.3) is 0 Å². The second kappa shape index (κ2) is 18.1. The van der Waals surface area contributed by atoms with Crippen LogP contribution < -0.4 is 0 Å². The highest BCUT2D eigenvalue weighted by Crippen LogP contribution is 2.03. The van der Waals surface area contributed by atoms with Gasteiger partial charge in [-0.1, -0.05) is 98.1 Å². The minimum absolute atomic E-state index is 0.724. The van der Waals surface area contributed by atoms with E-state index >= 15 is 0 Å². The molecule has 0 radical (unpaired) electrons. The SMILES string of the molecule is CCCC/C=C\C(C)C.CCCCCCCC. The summed E-state index contributed by atoms with van der Waals surface area (Å²) in [5, 5.41) is 0. The quantitative estimate of drug-likeness (QED) is 0.309. The van der Waals surface area contributed by atoms with Gasteiger partial charge < -0.3 is 0 Å². The lowest BCUT2D eigenvalue weighted by atomic mass is 10.1. The number of hydrogen-bond acceptors (Lipinski definition) is 0. The molecule has 0 aliphatic heterocycles. The summed E-state index contributed by atoms with van der Waals surface area (Å²) in [5.74, 6) is 0.724. The Bertz CT molecular complexity index is 127. The van der Waals surface area contributed by atoms with Crippen molar-refractivity contribution < 1.29 is 0 Å². The molecule has 0 saturated carbocycles. The Hall–Kier alpha value is -0.260. The van der Waals surface area contributed by atoms with Crippen LogP contribution in [0.15, 0.2) is 12.2 Å². The highest BCUT2D eigenvalue weighted by atomic mass is 13.9. The van der Waals surface area contributed by atoms with Gasteiger partial charge in [-0.15, -0.1) is 0 Å². The van der Waals surface area contributed by atoms with Gasteiger partial charge in [0, 0.05) is 0 Å². The fraction of sp³-hybridized carbons (Fsp3) is 0.882. The highest BCUT2D eigenvalue weighted by Gasteiger charge is 1.83. The molecule has 0 N–H and O–H groups in total. The lowest BCUT2D eigenvalue weighted by molar-refractivity contribution is 0.624. The van der Waals surface area contributed by atoms with Gasteiger partial charge in [-0.25, -0.2) is 0 Å². The maximum Gasteiger partial charge on any atom is -0.0290 e. The molecule has 0 atom stereocenters. The molecule has 0 fully saturated rings. The van der Waals surface area contributed by atoms with Crippen molar-refractivity contribution in [2.45, 2.75) is 92.4 Å². The first-order valence-corrected chi connectivity index (χ1v) is 7.85. The highest BCUT2D eigenvalue weighted by molar-refractivity contribution is 4.83. The predicted molar refractivity (Wildman–Crippen MR) is 82.6 cm³/mol. The van der Waals surface area contributed by atoms with Crippen molar-refractivity contribution in [2.75, 3.05) is 0 Å². The molecule has 0 aromatic rings. The van der Waals surface area contributed by atoms with Crippen LogP contribution in [0.1, 0.15) is 92.4 Å². The van der Waals surface area contributed by atoms with E-state index in [1.807, 2.05) is 0 Å². The third kappa shape index (κ3) is 25.8. The summed E-state index contributed by atoms with van der Waals surface area (Å²) in [4.78, 5) is 0. The normalized spacial score (nSPS) is 10.7. The Balaban J connectivity index is 0. The summed E-state index contributed by atoms with van der Waals surface area (Å²) in [7, 11) is 0. The van der Waals surface area contributed by atoms with Crippen molar-refractivity contribution in [1.82, 2.24) is 0 Å². The minimum atomic E-state index is 0.724. The predicted octanol–water partition coefficient (Wildman–Crippen LogP) is 6.76. The molecule has 17 heavy (non-hydrogen) atoms. The Morgan fingerprint density at radius 3 is 1.53 bits per heavy atom. The number of hydrogen-bond donors (Lipinski definition) is 0. The largest absolute Gasteiger partial charge is 0.0883 e. The smallest absolute Gasteiger partial charge is 0.0290 e. The molecule has 0 unspecified atom stereocenters. The second-order valence-electron chi connectivity index (χ2n) is 5.23. The fourth-order valence-electron chi connectivity index (χ4n) is 1.54. The molecule has 0 aliphatic carbocycles. The van der Waals surface area contributed by atoms with Crippen LogP contribution >= 0.6 is 0 Å². The first kappa shape index (κ1) is 19.1. The fourth-order valence-corrected chi connectivity index (χ4v) is 1.54. The Morgan fingerprint density at radius 1 is 0.706 bits per heavy atom. The van der Waals surface area contributed by atoms with Crippen LogP contribution in [0.3, 0.4) is 0 Å². The summed E-state index contributed by atoms with van der Waals surface area (Å²) < 4.78 is 0. The third-order valence-corrected chi connectivity index (χ3v) is 2.70. The van der Waals surface area contributed by atoms with Crippen LogP contribution in [0, 0.1) is 5.92 Å². The summed E-state index contributed by atoms with van der Waals surface area (Å²) in [6.07, 6.45) is 17.0. The first-order chi connectivity index (χ1) is 8.18. The van der Waals surface area contributed by atoms with Gasteiger partial charge in [-0.05, 0) is 12.3 Å². The Labute approximate surface area is 111 Å². The van der Waals surface area contributed by atoms with Crippen molar-refractivity contribution in [3.05, 3.63) is 12.2 Å². The third-order valence-electron chi connectivity index (χ3n) is 2.70. The zero-order valence-electron chi connectivity index (χ0n) is 13.1.